The van der Waals surface area contributed by atoms with E-state index in [4.69, 9.17) is 15.9 Å². The highest BCUT2D eigenvalue weighted by Gasteiger charge is 2.14. The van der Waals surface area contributed by atoms with Gasteiger partial charge in [0.1, 0.15) is 0 Å². The predicted molar refractivity (Wildman–Crippen MR) is 70.4 cm³/mol. The molecule has 1 atom stereocenters. The third kappa shape index (κ3) is 3.70. The van der Waals surface area contributed by atoms with Crippen molar-refractivity contribution in [2.75, 3.05) is 14.2 Å². The molecule has 0 aliphatic rings. The molecule has 0 fully saturated rings. The first-order valence-corrected chi connectivity index (χ1v) is 5.80. The van der Waals surface area contributed by atoms with E-state index in [1.807, 2.05) is 18.9 Å². The van der Waals surface area contributed by atoms with Crippen LogP contribution in [-0.4, -0.2) is 30.9 Å². The molecule has 1 unspecified atom stereocenters. The molecular weight excluding hydrogens is 233 g/mol. The lowest BCUT2D eigenvalue weighted by Gasteiger charge is -2.24. The van der Waals surface area contributed by atoms with E-state index in [0.717, 1.165) is 0 Å². The SMILES string of the molecule is COc1cccc(CN(C)C(C)CC(=N)N)c1F. The molecule has 0 heterocycles. The Balaban J connectivity index is 2.75. The summed E-state index contributed by atoms with van der Waals surface area (Å²) in [4.78, 5) is 1.96. The van der Waals surface area contributed by atoms with Gasteiger partial charge in [0.15, 0.2) is 11.6 Å². The number of rotatable bonds is 6. The first-order chi connectivity index (χ1) is 8.45. The second-order valence-electron chi connectivity index (χ2n) is 4.43. The molecule has 0 radical (unpaired) electrons. The second-order valence-corrected chi connectivity index (χ2v) is 4.43. The third-order valence-corrected chi connectivity index (χ3v) is 2.95. The molecule has 18 heavy (non-hydrogen) atoms. The van der Waals surface area contributed by atoms with Crippen LogP contribution in [0.25, 0.3) is 0 Å². The van der Waals surface area contributed by atoms with E-state index in [0.29, 0.717) is 18.5 Å². The number of ether oxygens (including phenoxy) is 1. The summed E-state index contributed by atoms with van der Waals surface area (Å²) in [6.07, 6.45) is 0.474. The van der Waals surface area contributed by atoms with Gasteiger partial charge in [-0.25, -0.2) is 4.39 Å². The summed E-state index contributed by atoms with van der Waals surface area (Å²) < 4.78 is 18.9. The van der Waals surface area contributed by atoms with Gasteiger partial charge in [0.05, 0.1) is 12.9 Å². The quantitative estimate of drug-likeness (QED) is 0.602. The average Bonchev–Trinajstić information content (AvgIpc) is 2.30. The van der Waals surface area contributed by atoms with Crippen molar-refractivity contribution in [3.8, 4) is 5.75 Å². The first kappa shape index (κ1) is 14.4. The lowest BCUT2D eigenvalue weighted by Crippen LogP contribution is -2.32. The smallest absolute Gasteiger partial charge is 0.169 e. The molecule has 3 N–H and O–H groups in total. The van der Waals surface area contributed by atoms with Crippen molar-refractivity contribution in [3.05, 3.63) is 29.6 Å². The van der Waals surface area contributed by atoms with E-state index in [1.165, 1.54) is 7.11 Å². The van der Waals surface area contributed by atoms with Crippen LogP contribution in [-0.2, 0) is 6.54 Å². The Kier molecular flexibility index (Phi) is 5.09. The van der Waals surface area contributed by atoms with Crippen LogP contribution in [0.15, 0.2) is 18.2 Å². The minimum Gasteiger partial charge on any atom is -0.494 e. The normalized spacial score (nSPS) is 12.5. The Morgan fingerprint density at radius 2 is 2.22 bits per heavy atom. The molecule has 0 saturated heterocycles. The standard InChI is InChI=1S/C13H20FN3O/c1-9(7-12(15)16)17(2)8-10-5-4-6-11(18-3)13(10)14/h4-6,9H,7-8H2,1-3H3,(H3,15,16). The van der Waals surface area contributed by atoms with Gasteiger partial charge in [-0.3, -0.25) is 10.3 Å². The average molecular weight is 253 g/mol. The van der Waals surface area contributed by atoms with Gasteiger partial charge in [0.2, 0.25) is 0 Å². The summed E-state index contributed by atoms with van der Waals surface area (Å²) in [7, 11) is 3.33. The van der Waals surface area contributed by atoms with Crippen LogP contribution < -0.4 is 10.5 Å². The topological polar surface area (TPSA) is 62.3 Å². The van der Waals surface area contributed by atoms with Crippen LogP contribution in [0.4, 0.5) is 4.39 Å². The molecule has 0 spiro atoms. The zero-order chi connectivity index (χ0) is 13.7. The van der Waals surface area contributed by atoms with E-state index < -0.39 is 0 Å². The summed E-state index contributed by atoms with van der Waals surface area (Å²) >= 11 is 0. The highest BCUT2D eigenvalue weighted by molar-refractivity contribution is 5.77. The largest absolute Gasteiger partial charge is 0.494 e. The number of benzene rings is 1. The molecule has 0 aliphatic heterocycles. The molecule has 100 valence electrons. The zero-order valence-electron chi connectivity index (χ0n) is 11.0. The zero-order valence-corrected chi connectivity index (χ0v) is 11.0. The molecule has 5 heteroatoms. The fourth-order valence-electron chi connectivity index (χ4n) is 1.73. The molecule has 0 bridgehead atoms. The molecule has 0 aromatic heterocycles. The number of methoxy groups -OCH3 is 1. The van der Waals surface area contributed by atoms with Crippen molar-refractivity contribution in [3.63, 3.8) is 0 Å². The summed E-state index contributed by atoms with van der Waals surface area (Å²) in [5, 5.41) is 7.26. The maximum atomic E-state index is 13.9. The van der Waals surface area contributed by atoms with Crippen LogP contribution in [0.2, 0.25) is 0 Å². The molecular formula is C13H20FN3O. The Labute approximate surface area is 107 Å². The molecule has 0 amide bonds. The van der Waals surface area contributed by atoms with Gasteiger partial charge in [-0.05, 0) is 20.0 Å². The molecule has 1 aromatic rings. The minimum atomic E-state index is -0.332. The summed E-state index contributed by atoms with van der Waals surface area (Å²) in [6, 6.07) is 5.18. The maximum Gasteiger partial charge on any atom is 0.169 e. The van der Waals surface area contributed by atoms with E-state index in [2.05, 4.69) is 0 Å². The van der Waals surface area contributed by atoms with Gasteiger partial charge < -0.3 is 10.5 Å². The first-order valence-electron chi connectivity index (χ1n) is 5.80. The van der Waals surface area contributed by atoms with Gasteiger partial charge >= 0.3 is 0 Å². The Bertz CT molecular complexity index is 423. The van der Waals surface area contributed by atoms with Crippen molar-refractivity contribution in [2.45, 2.75) is 25.9 Å². The van der Waals surface area contributed by atoms with Crippen LogP contribution in [0.1, 0.15) is 18.9 Å². The van der Waals surface area contributed by atoms with Gasteiger partial charge in [-0.15, -0.1) is 0 Å². The van der Waals surface area contributed by atoms with E-state index >= 15 is 0 Å². The third-order valence-electron chi connectivity index (χ3n) is 2.95. The Hall–Kier alpha value is -1.62. The molecule has 1 aromatic carbocycles. The highest BCUT2D eigenvalue weighted by atomic mass is 19.1. The molecule has 0 saturated carbocycles. The van der Waals surface area contributed by atoms with Gasteiger partial charge in [-0.2, -0.15) is 0 Å². The Morgan fingerprint density at radius 1 is 1.56 bits per heavy atom. The number of hydrogen-bond donors (Lipinski definition) is 2. The fourth-order valence-corrected chi connectivity index (χ4v) is 1.73. The number of halogens is 1. The number of nitrogens with one attached hydrogen (secondary N) is 1. The summed E-state index contributed by atoms with van der Waals surface area (Å²) in [5.74, 6) is 0.0578. The number of amidine groups is 1. The van der Waals surface area contributed by atoms with Crippen LogP contribution in [0.3, 0.4) is 0 Å². The van der Waals surface area contributed by atoms with Crippen LogP contribution in [0, 0.1) is 11.2 Å². The summed E-state index contributed by atoms with van der Waals surface area (Å²) in [5.41, 5.74) is 5.94. The van der Waals surface area contributed by atoms with Crippen molar-refractivity contribution in [2.24, 2.45) is 5.73 Å². The van der Waals surface area contributed by atoms with Gasteiger partial charge in [-0.1, -0.05) is 12.1 Å². The van der Waals surface area contributed by atoms with Crippen LogP contribution in [0.5, 0.6) is 5.75 Å². The van der Waals surface area contributed by atoms with Crippen molar-refractivity contribution >= 4 is 5.84 Å². The van der Waals surface area contributed by atoms with E-state index in [-0.39, 0.29) is 23.4 Å². The fraction of sp³-hybridized carbons (Fsp3) is 0.462. The summed E-state index contributed by atoms with van der Waals surface area (Å²) in [6.45, 7) is 2.41. The lowest BCUT2D eigenvalue weighted by molar-refractivity contribution is 0.249. The number of nitrogens with zero attached hydrogens (tertiary/aromatic N) is 1. The number of nitrogens with two attached hydrogens (primary N) is 1. The van der Waals surface area contributed by atoms with Crippen molar-refractivity contribution < 1.29 is 9.13 Å². The van der Waals surface area contributed by atoms with Crippen molar-refractivity contribution in [1.29, 1.82) is 5.41 Å². The van der Waals surface area contributed by atoms with Crippen molar-refractivity contribution in [1.82, 2.24) is 4.90 Å². The van der Waals surface area contributed by atoms with Gasteiger partial charge in [0, 0.05) is 24.6 Å². The molecule has 4 nitrogen and oxygen atoms in total. The van der Waals surface area contributed by atoms with E-state index in [9.17, 15) is 4.39 Å². The number of hydrogen-bond acceptors (Lipinski definition) is 3. The van der Waals surface area contributed by atoms with E-state index in [1.54, 1.807) is 18.2 Å². The highest BCUT2D eigenvalue weighted by Crippen LogP contribution is 2.21. The lowest BCUT2D eigenvalue weighted by atomic mass is 10.1. The maximum absolute atomic E-state index is 13.9. The van der Waals surface area contributed by atoms with Gasteiger partial charge in [0.25, 0.3) is 0 Å². The predicted octanol–water partition coefficient (Wildman–Crippen LogP) is 1.98. The second kappa shape index (κ2) is 6.35. The molecule has 1 rings (SSSR count). The Morgan fingerprint density at radius 3 is 2.78 bits per heavy atom. The molecule has 0 aliphatic carbocycles. The monoisotopic (exact) mass is 253 g/mol. The minimum absolute atomic E-state index is 0.0908. The van der Waals surface area contributed by atoms with Crippen LogP contribution >= 0.6 is 0 Å².